The molecule has 0 aliphatic heterocycles. The molecule has 1 saturated carbocycles. The van der Waals surface area contributed by atoms with Gasteiger partial charge in [0, 0.05) is 32.1 Å². The van der Waals surface area contributed by atoms with Crippen LogP contribution in [0.15, 0.2) is 58.1 Å². The molecule has 3 rings (SSSR count). The standard InChI is InChI=1S/C20H26N4O2.HI/c1-21-19(23-13-12-22-18(25)17-9-5-14-26-17)24-15-20(10-6-11-20)16-7-3-2-4-8-16;/h2-5,7-9,14H,6,10-13,15H2,1H3,(H,22,25)(H2,21,23,24);1H. The van der Waals surface area contributed by atoms with E-state index in [4.69, 9.17) is 4.42 Å². The summed E-state index contributed by atoms with van der Waals surface area (Å²) in [7, 11) is 1.76. The van der Waals surface area contributed by atoms with Crippen LogP contribution in [0.3, 0.4) is 0 Å². The molecule has 0 atom stereocenters. The summed E-state index contributed by atoms with van der Waals surface area (Å²) in [4.78, 5) is 16.1. The summed E-state index contributed by atoms with van der Waals surface area (Å²) in [6.45, 7) is 1.93. The second-order valence-electron chi connectivity index (χ2n) is 6.59. The van der Waals surface area contributed by atoms with Crippen LogP contribution in [-0.2, 0) is 5.41 Å². The minimum Gasteiger partial charge on any atom is -0.459 e. The van der Waals surface area contributed by atoms with Crippen LogP contribution in [0.25, 0.3) is 0 Å². The smallest absolute Gasteiger partial charge is 0.287 e. The summed E-state index contributed by atoms with van der Waals surface area (Å²) in [6.07, 6.45) is 5.14. The van der Waals surface area contributed by atoms with Gasteiger partial charge in [-0.2, -0.15) is 0 Å². The third kappa shape index (κ3) is 5.47. The number of nitrogens with one attached hydrogen (secondary N) is 3. The molecule has 0 unspecified atom stereocenters. The molecule has 7 heteroatoms. The highest BCUT2D eigenvalue weighted by atomic mass is 127. The number of carbonyl (C=O) groups is 1. The van der Waals surface area contributed by atoms with E-state index in [2.05, 4.69) is 51.3 Å². The van der Waals surface area contributed by atoms with E-state index >= 15 is 0 Å². The molecular weight excluding hydrogens is 455 g/mol. The van der Waals surface area contributed by atoms with Crippen LogP contribution in [-0.4, -0.2) is 38.5 Å². The van der Waals surface area contributed by atoms with E-state index < -0.39 is 0 Å². The van der Waals surface area contributed by atoms with Crippen LogP contribution >= 0.6 is 24.0 Å². The molecule has 1 aromatic heterocycles. The number of hydrogen-bond donors (Lipinski definition) is 3. The summed E-state index contributed by atoms with van der Waals surface area (Å²) in [5.41, 5.74) is 1.59. The average molecular weight is 482 g/mol. The normalized spacial score (nSPS) is 15.2. The quantitative estimate of drug-likeness (QED) is 0.246. The van der Waals surface area contributed by atoms with Crippen LogP contribution in [0, 0.1) is 0 Å². The summed E-state index contributed by atoms with van der Waals surface area (Å²) >= 11 is 0. The zero-order valence-corrected chi connectivity index (χ0v) is 17.9. The summed E-state index contributed by atoms with van der Waals surface area (Å²) in [5.74, 6) is 0.860. The van der Waals surface area contributed by atoms with Crippen molar-refractivity contribution in [3.8, 4) is 0 Å². The number of amides is 1. The van der Waals surface area contributed by atoms with E-state index in [-0.39, 0.29) is 35.3 Å². The van der Waals surface area contributed by atoms with Crippen LogP contribution < -0.4 is 16.0 Å². The van der Waals surface area contributed by atoms with Crippen LogP contribution in [0.4, 0.5) is 0 Å². The van der Waals surface area contributed by atoms with Crippen LogP contribution in [0.2, 0.25) is 0 Å². The molecule has 0 spiro atoms. The molecule has 1 heterocycles. The summed E-state index contributed by atoms with van der Waals surface area (Å²) in [6, 6.07) is 14.0. The fourth-order valence-corrected chi connectivity index (χ4v) is 3.29. The molecule has 1 fully saturated rings. The van der Waals surface area contributed by atoms with Crippen LogP contribution in [0.5, 0.6) is 0 Å². The number of carbonyl (C=O) groups excluding carboxylic acids is 1. The van der Waals surface area contributed by atoms with Gasteiger partial charge in [0.15, 0.2) is 11.7 Å². The van der Waals surface area contributed by atoms with Crippen molar-refractivity contribution in [2.24, 2.45) is 4.99 Å². The Morgan fingerprint density at radius 1 is 1.07 bits per heavy atom. The Kier molecular flexibility index (Phi) is 8.15. The molecule has 1 aromatic carbocycles. The van der Waals surface area contributed by atoms with Crippen molar-refractivity contribution in [3.63, 3.8) is 0 Å². The Labute approximate surface area is 177 Å². The number of nitrogens with zero attached hydrogens (tertiary/aromatic N) is 1. The van der Waals surface area contributed by atoms with Gasteiger partial charge in [-0.3, -0.25) is 9.79 Å². The van der Waals surface area contributed by atoms with Crippen molar-refractivity contribution < 1.29 is 9.21 Å². The second kappa shape index (κ2) is 10.3. The van der Waals surface area contributed by atoms with Gasteiger partial charge in [-0.05, 0) is 30.5 Å². The highest BCUT2D eigenvalue weighted by Gasteiger charge is 2.38. The average Bonchev–Trinajstić information content (AvgIpc) is 3.18. The van der Waals surface area contributed by atoms with Gasteiger partial charge in [0.05, 0.1) is 6.26 Å². The van der Waals surface area contributed by atoms with Gasteiger partial charge in [0.2, 0.25) is 0 Å². The Bertz CT molecular complexity index is 728. The molecule has 2 aromatic rings. The van der Waals surface area contributed by atoms with Gasteiger partial charge in [-0.25, -0.2) is 0 Å². The molecule has 0 saturated heterocycles. The third-order valence-electron chi connectivity index (χ3n) is 4.96. The number of aliphatic imine (C=N–C) groups is 1. The molecule has 6 nitrogen and oxygen atoms in total. The summed E-state index contributed by atoms with van der Waals surface area (Å²) < 4.78 is 5.06. The molecular formula is C20H27IN4O2. The number of benzene rings is 1. The van der Waals surface area contributed by atoms with E-state index in [1.54, 1.807) is 19.2 Å². The van der Waals surface area contributed by atoms with Crippen LogP contribution in [0.1, 0.15) is 35.4 Å². The lowest BCUT2D eigenvalue weighted by molar-refractivity contribution is 0.0926. The topological polar surface area (TPSA) is 78.7 Å². The molecule has 1 amide bonds. The first-order valence-corrected chi connectivity index (χ1v) is 9.05. The monoisotopic (exact) mass is 482 g/mol. The largest absolute Gasteiger partial charge is 0.459 e. The zero-order chi connectivity index (χ0) is 18.2. The minimum absolute atomic E-state index is 0. The maximum atomic E-state index is 11.8. The second-order valence-corrected chi connectivity index (χ2v) is 6.59. The first kappa shape index (κ1) is 21.3. The molecule has 3 N–H and O–H groups in total. The number of hydrogen-bond acceptors (Lipinski definition) is 3. The Balaban J connectivity index is 0.00000261. The van der Waals surface area contributed by atoms with Gasteiger partial charge < -0.3 is 20.4 Å². The van der Waals surface area contributed by atoms with Crippen molar-refractivity contribution >= 4 is 35.8 Å². The zero-order valence-electron chi connectivity index (χ0n) is 15.5. The maximum absolute atomic E-state index is 11.8. The first-order valence-electron chi connectivity index (χ1n) is 9.05. The van der Waals surface area contributed by atoms with E-state index in [1.807, 2.05) is 0 Å². The number of furan rings is 1. The molecule has 1 aliphatic carbocycles. The Morgan fingerprint density at radius 3 is 2.41 bits per heavy atom. The predicted molar refractivity (Wildman–Crippen MR) is 118 cm³/mol. The first-order chi connectivity index (χ1) is 12.7. The van der Waals surface area contributed by atoms with E-state index in [0.717, 1.165) is 12.5 Å². The van der Waals surface area contributed by atoms with Crippen molar-refractivity contribution in [3.05, 3.63) is 60.1 Å². The fourth-order valence-electron chi connectivity index (χ4n) is 3.29. The highest BCUT2D eigenvalue weighted by molar-refractivity contribution is 14.0. The predicted octanol–water partition coefficient (Wildman–Crippen LogP) is 2.91. The lowest BCUT2D eigenvalue weighted by atomic mass is 9.64. The van der Waals surface area contributed by atoms with Gasteiger partial charge in [0.25, 0.3) is 5.91 Å². The molecule has 27 heavy (non-hydrogen) atoms. The van der Waals surface area contributed by atoms with Gasteiger partial charge >= 0.3 is 0 Å². The molecule has 0 radical (unpaired) electrons. The fraction of sp³-hybridized carbons (Fsp3) is 0.400. The van der Waals surface area contributed by atoms with E-state index in [1.165, 1.54) is 31.1 Å². The SMILES string of the molecule is CN=C(NCCNC(=O)c1ccco1)NCC1(c2ccccc2)CCC1.I. The lowest BCUT2D eigenvalue weighted by Gasteiger charge is -2.43. The van der Waals surface area contributed by atoms with Crippen molar-refractivity contribution in [2.75, 3.05) is 26.7 Å². The summed E-state index contributed by atoms with van der Waals surface area (Å²) in [5, 5.41) is 9.48. The van der Waals surface area contributed by atoms with Gasteiger partial charge in [-0.1, -0.05) is 36.8 Å². The van der Waals surface area contributed by atoms with Crippen molar-refractivity contribution in [2.45, 2.75) is 24.7 Å². The molecule has 146 valence electrons. The maximum Gasteiger partial charge on any atom is 0.287 e. The minimum atomic E-state index is -0.211. The van der Waals surface area contributed by atoms with Gasteiger partial charge in [-0.15, -0.1) is 24.0 Å². The van der Waals surface area contributed by atoms with Crippen molar-refractivity contribution in [1.82, 2.24) is 16.0 Å². The van der Waals surface area contributed by atoms with E-state index in [9.17, 15) is 4.79 Å². The van der Waals surface area contributed by atoms with Gasteiger partial charge in [0.1, 0.15) is 0 Å². The number of halogens is 1. The molecule has 1 aliphatic rings. The molecule has 0 bridgehead atoms. The van der Waals surface area contributed by atoms with Crippen molar-refractivity contribution in [1.29, 1.82) is 0 Å². The number of rotatable bonds is 7. The Hall–Kier alpha value is -2.03. The number of guanidine groups is 1. The van der Waals surface area contributed by atoms with E-state index in [0.29, 0.717) is 18.8 Å². The highest BCUT2D eigenvalue weighted by Crippen LogP contribution is 2.43. The third-order valence-corrected chi connectivity index (χ3v) is 4.96. The lowest BCUT2D eigenvalue weighted by Crippen LogP contribution is -2.49. The Morgan fingerprint density at radius 2 is 1.81 bits per heavy atom.